The predicted octanol–water partition coefficient (Wildman–Crippen LogP) is 6.59. The first kappa shape index (κ1) is 34.9. The number of hydrogen-bond acceptors (Lipinski definition) is 7. The molecule has 8 heteroatoms. The standard InChI is InChI=1S/C44H57NO7/c1-37(2)40(5)19-22-44(37,52-36(40)49)35(48)45(26-30-12-9-23-51-30)27-42(50)18-15-33-39(42,4)17-14-32-38(3)16-13-29(46)24-41(38)20-21-43(32,33)31(25-41)34(47)28-10-7-6-8-11-28/h6-8,10-11,20-21,25,29-30,32-33,46,50H,9,12-19,22-24,26-27H2,1-5H3/t29?,30-,32-,33-,38-,39+,40+,41+,42-,43-,44-/m1/s1. The lowest BCUT2D eigenvalue weighted by molar-refractivity contribution is -0.188. The van der Waals surface area contributed by atoms with E-state index in [9.17, 15) is 19.8 Å². The van der Waals surface area contributed by atoms with Crippen molar-refractivity contribution in [2.24, 2.45) is 44.3 Å². The molecule has 1 amide bonds. The number of hydrogen-bond donors (Lipinski definition) is 2. The fourth-order valence-electron chi connectivity index (χ4n) is 13.9. The number of allylic oxidation sites excluding steroid dienone is 4. The van der Waals surface area contributed by atoms with Crippen LogP contribution >= 0.6 is 0 Å². The number of esters is 1. The van der Waals surface area contributed by atoms with E-state index in [1.165, 1.54) is 0 Å². The zero-order valence-corrected chi connectivity index (χ0v) is 31.7. The van der Waals surface area contributed by atoms with E-state index in [0.717, 1.165) is 50.5 Å². The summed E-state index contributed by atoms with van der Waals surface area (Å²) >= 11 is 0. The molecule has 10 rings (SSSR count). The largest absolute Gasteiger partial charge is 0.448 e. The molecule has 2 saturated heterocycles. The maximum Gasteiger partial charge on any atom is 0.313 e. The van der Waals surface area contributed by atoms with Gasteiger partial charge in [-0.05, 0) is 94.8 Å². The van der Waals surface area contributed by atoms with Crippen LogP contribution in [-0.4, -0.2) is 75.9 Å². The summed E-state index contributed by atoms with van der Waals surface area (Å²) in [4.78, 5) is 45.0. The van der Waals surface area contributed by atoms with Crippen LogP contribution in [0.1, 0.15) is 116 Å². The summed E-state index contributed by atoms with van der Waals surface area (Å²) in [5, 5.41) is 24.3. The summed E-state index contributed by atoms with van der Waals surface area (Å²) in [6.07, 6.45) is 14.3. The Kier molecular flexibility index (Phi) is 7.33. The van der Waals surface area contributed by atoms with Crippen molar-refractivity contribution in [2.45, 2.75) is 129 Å². The van der Waals surface area contributed by atoms with E-state index in [-0.39, 0.29) is 47.6 Å². The molecule has 0 radical (unpaired) electrons. The van der Waals surface area contributed by atoms with Gasteiger partial charge in [-0.3, -0.25) is 14.4 Å². The lowest BCUT2D eigenvalue weighted by Gasteiger charge is -2.71. The normalized spacial score (nSPS) is 47.8. The maximum atomic E-state index is 15.1. The second-order valence-electron chi connectivity index (χ2n) is 19.5. The number of ketones is 1. The van der Waals surface area contributed by atoms with E-state index < -0.39 is 44.4 Å². The van der Waals surface area contributed by atoms with Gasteiger partial charge in [-0.25, -0.2) is 0 Å². The average Bonchev–Trinajstić information content (AvgIpc) is 3.82. The molecule has 2 spiro atoms. The number of nitrogens with zero attached hydrogens (tertiary/aromatic N) is 1. The van der Waals surface area contributed by atoms with Gasteiger partial charge in [-0.2, -0.15) is 0 Å². The van der Waals surface area contributed by atoms with Gasteiger partial charge in [0.25, 0.3) is 5.91 Å². The van der Waals surface area contributed by atoms with E-state index in [2.05, 4.69) is 32.1 Å². The molecule has 52 heavy (non-hydrogen) atoms. The van der Waals surface area contributed by atoms with Crippen LogP contribution < -0.4 is 0 Å². The molecule has 0 aromatic heterocycles. The zero-order valence-electron chi connectivity index (χ0n) is 31.7. The number of aliphatic hydroxyl groups is 2. The number of fused-ring (bicyclic) bond motifs is 3. The molecule has 8 nitrogen and oxygen atoms in total. The fourth-order valence-corrected chi connectivity index (χ4v) is 13.9. The number of benzene rings is 1. The van der Waals surface area contributed by atoms with Crippen LogP contribution in [0.3, 0.4) is 0 Å². The fraction of sp³-hybridized carbons (Fsp3) is 0.705. The summed E-state index contributed by atoms with van der Waals surface area (Å²) in [5.74, 6) is -0.317. The Morgan fingerprint density at radius 3 is 2.27 bits per heavy atom. The highest BCUT2D eigenvalue weighted by Crippen LogP contribution is 2.78. The van der Waals surface area contributed by atoms with Crippen LogP contribution in [-0.2, 0) is 19.1 Å². The molecule has 1 aromatic rings. The highest BCUT2D eigenvalue weighted by molar-refractivity contribution is 6.10. The lowest BCUT2D eigenvalue weighted by Crippen LogP contribution is -2.68. The van der Waals surface area contributed by atoms with Crippen LogP contribution in [0.2, 0.25) is 0 Å². The molecule has 6 fully saturated rings. The minimum Gasteiger partial charge on any atom is -0.448 e. The zero-order chi connectivity index (χ0) is 36.7. The minimum absolute atomic E-state index is 0.0331. The summed E-state index contributed by atoms with van der Waals surface area (Å²) in [6, 6.07) is 9.57. The average molecular weight is 712 g/mol. The number of carbonyl (C=O) groups is 3. The van der Waals surface area contributed by atoms with Crippen molar-refractivity contribution in [3.8, 4) is 0 Å². The van der Waals surface area contributed by atoms with E-state index >= 15 is 4.79 Å². The van der Waals surface area contributed by atoms with Crippen molar-refractivity contribution in [1.29, 1.82) is 0 Å². The summed E-state index contributed by atoms with van der Waals surface area (Å²) in [7, 11) is 0. The molecule has 2 aliphatic heterocycles. The van der Waals surface area contributed by atoms with Gasteiger partial charge < -0.3 is 24.6 Å². The Bertz CT molecular complexity index is 1780. The Morgan fingerprint density at radius 2 is 1.60 bits per heavy atom. The molecule has 7 aliphatic carbocycles. The molecule has 4 bridgehead atoms. The van der Waals surface area contributed by atoms with Crippen LogP contribution in [0, 0.1) is 44.3 Å². The Balaban J connectivity index is 1.12. The van der Waals surface area contributed by atoms with Gasteiger partial charge in [0, 0.05) is 45.9 Å². The Morgan fingerprint density at radius 1 is 0.885 bits per heavy atom. The van der Waals surface area contributed by atoms with Crippen molar-refractivity contribution in [1.82, 2.24) is 4.90 Å². The number of carbonyl (C=O) groups excluding carboxylic acids is 3. The van der Waals surface area contributed by atoms with Gasteiger partial charge in [0.1, 0.15) is 0 Å². The molecule has 4 saturated carbocycles. The van der Waals surface area contributed by atoms with Gasteiger partial charge >= 0.3 is 5.97 Å². The minimum atomic E-state index is -1.28. The van der Waals surface area contributed by atoms with E-state index in [1.807, 2.05) is 56.0 Å². The molecule has 1 aromatic carbocycles. The molecule has 11 atom stereocenters. The van der Waals surface area contributed by atoms with Gasteiger partial charge in [0.2, 0.25) is 0 Å². The topological polar surface area (TPSA) is 113 Å². The van der Waals surface area contributed by atoms with Gasteiger partial charge in [-0.15, -0.1) is 0 Å². The highest BCUT2D eigenvalue weighted by atomic mass is 16.6. The summed E-state index contributed by atoms with van der Waals surface area (Å²) < 4.78 is 12.2. The first-order chi connectivity index (χ1) is 24.5. The number of Topliss-reactive ketones (excluding diaryl/α,β-unsaturated/α-hetero) is 1. The lowest BCUT2D eigenvalue weighted by atomic mass is 9.32. The second kappa shape index (κ2) is 10.9. The molecule has 2 heterocycles. The molecular weight excluding hydrogens is 654 g/mol. The third-order valence-electron chi connectivity index (χ3n) is 17.6. The number of amides is 1. The van der Waals surface area contributed by atoms with Gasteiger partial charge in [0.15, 0.2) is 11.4 Å². The van der Waals surface area contributed by atoms with Crippen molar-refractivity contribution >= 4 is 17.7 Å². The number of aliphatic hydroxyl groups excluding tert-OH is 1. The van der Waals surface area contributed by atoms with Crippen LogP contribution in [0.25, 0.3) is 0 Å². The van der Waals surface area contributed by atoms with Crippen LogP contribution in [0.5, 0.6) is 0 Å². The van der Waals surface area contributed by atoms with Gasteiger partial charge in [0.05, 0.1) is 29.8 Å². The van der Waals surface area contributed by atoms with E-state index in [4.69, 9.17) is 9.47 Å². The molecule has 2 N–H and O–H groups in total. The maximum absolute atomic E-state index is 15.1. The molecular formula is C44H57NO7. The first-order valence-corrected chi connectivity index (χ1v) is 20.1. The second-order valence-corrected chi connectivity index (χ2v) is 19.5. The van der Waals surface area contributed by atoms with Crippen molar-refractivity contribution < 1.29 is 34.1 Å². The third kappa shape index (κ3) is 4.02. The Hall–Kier alpha value is -2.81. The Labute approximate surface area is 308 Å². The van der Waals surface area contributed by atoms with E-state index in [0.29, 0.717) is 44.4 Å². The smallest absolute Gasteiger partial charge is 0.313 e. The summed E-state index contributed by atoms with van der Waals surface area (Å²) in [6.45, 7) is 11.7. The van der Waals surface area contributed by atoms with Crippen molar-refractivity contribution in [3.63, 3.8) is 0 Å². The predicted molar refractivity (Wildman–Crippen MR) is 195 cm³/mol. The number of ether oxygens (including phenoxy) is 2. The first-order valence-electron chi connectivity index (χ1n) is 20.1. The van der Waals surface area contributed by atoms with Crippen LogP contribution in [0.15, 0.2) is 54.1 Å². The monoisotopic (exact) mass is 711 g/mol. The number of rotatable bonds is 7. The summed E-state index contributed by atoms with van der Waals surface area (Å²) in [5.41, 5.74) is -4.17. The van der Waals surface area contributed by atoms with Crippen molar-refractivity contribution in [3.05, 3.63) is 59.7 Å². The molecule has 9 aliphatic rings. The molecule has 280 valence electrons. The highest BCUT2D eigenvalue weighted by Gasteiger charge is 2.78. The quantitative estimate of drug-likeness (QED) is 0.187. The van der Waals surface area contributed by atoms with Crippen LogP contribution in [0.4, 0.5) is 0 Å². The van der Waals surface area contributed by atoms with Crippen molar-refractivity contribution in [2.75, 3.05) is 19.7 Å². The third-order valence-corrected chi connectivity index (χ3v) is 17.6. The van der Waals surface area contributed by atoms with Gasteiger partial charge in [-0.1, -0.05) is 76.3 Å². The molecule has 1 unspecified atom stereocenters. The van der Waals surface area contributed by atoms with E-state index in [1.54, 1.807) is 0 Å². The SMILES string of the molecule is CC1(C)[C@@]2(C)CC[C@]1(C(=O)N(C[C@H]1CCCO1)C[C@]1(O)CC[C@H]3[C@]45C=C[C@@]6(C=C4C(=O)c4ccccc4)CC(O)CC[C@]6(C)[C@H]5CC[C@@]31C)OC2=O.